The van der Waals surface area contributed by atoms with Crippen molar-refractivity contribution in [2.24, 2.45) is 0 Å². The largest absolute Gasteiger partial charge is 0.476 e. The molecule has 0 saturated heterocycles. The fraction of sp³-hybridized carbons (Fsp3) is 0.333. The molecule has 0 unspecified atom stereocenters. The van der Waals surface area contributed by atoms with Crippen LogP contribution in [-0.4, -0.2) is 32.8 Å². The van der Waals surface area contributed by atoms with Crippen LogP contribution < -0.4 is 4.74 Å². The average molecular weight is 240 g/mol. The van der Waals surface area contributed by atoms with E-state index in [1.165, 1.54) is 23.0 Å². The second kappa shape index (κ2) is 4.73. The first-order chi connectivity index (χ1) is 8.22. The Morgan fingerprint density at radius 1 is 1.59 bits per heavy atom. The van der Waals surface area contributed by atoms with Gasteiger partial charge < -0.3 is 14.9 Å². The molecule has 0 atom stereocenters. The number of ether oxygens (including phenoxy) is 1. The molecule has 0 radical (unpaired) electrons. The van der Waals surface area contributed by atoms with Crippen LogP contribution >= 0.6 is 0 Å². The van der Waals surface area contributed by atoms with Crippen molar-refractivity contribution in [3.05, 3.63) is 28.6 Å². The van der Waals surface area contributed by atoms with Crippen molar-refractivity contribution >= 4 is 11.3 Å². The topological polar surface area (TPSA) is 82.6 Å². The second-order valence-electron chi connectivity index (χ2n) is 3.21. The second-order valence-corrected chi connectivity index (χ2v) is 3.21. The van der Waals surface area contributed by atoms with Gasteiger partial charge in [0.15, 0.2) is 5.52 Å². The van der Waals surface area contributed by atoms with E-state index in [0.717, 1.165) is 0 Å². The Labute approximate surface area is 95.0 Å². The zero-order valence-electron chi connectivity index (χ0n) is 8.74. The number of aromatic nitrogens is 3. The lowest BCUT2D eigenvalue weighted by Crippen LogP contribution is -2.01. The van der Waals surface area contributed by atoms with E-state index in [9.17, 15) is 14.5 Å². The zero-order chi connectivity index (χ0) is 12.3. The molecule has 8 heteroatoms. The molecule has 0 saturated carbocycles. The molecule has 0 aliphatic rings. The molecular formula is C9H9FN4O3. The van der Waals surface area contributed by atoms with E-state index in [1.54, 1.807) is 0 Å². The van der Waals surface area contributed by atoms with Crippen LogP contribution in [0.5, 0.6) is 5.88 Å². The minimum atomic E-state index is -0.599. The molecule has 0 aliphatic carbocycles. The van der Waals surface area contributed by atoms with E-state index in [2.05, 4.69) is 10.1 Å². The Morgan fingerprint density at radius 2 is 2.41 bits per heavy atom. The first-order valence-corrected chi connectivity index (χ1v) is 4.90. The number of hydrogen-bond donors (Lipinski definition) is 0. The highest BCUT2D eigenvalue weighted by molar-refractivity contribution is 5.59. The first kappa shape index (κ1) is 11.2. The molecule has 0 bridgehead atoms. The van der Waals surface area contributed by atoms with Crippen LogP contribution in [-0.2, 0) is 0 Å². The zero-order valence-corrected chi connectivity index (χ0v) is 8.74. The summed E-state index contributed by atoms with van der Waals surface area (Å²) in [6.45, 7) is -0.315. The molecule has 2 aromatic heterocycles. The third kappa shape index (κ3) is 2.30. The third-order valence-electron chi connectivity index (χ3n) is 2.05. The summed E-state index contributed by atoms with van der Waals surface area (Å²) >= 11 is 0. The van der Waals surface area contributed by atoms with E-state index in [-0.39, 0.29) is 24.7 Å². The van der Waals surface area contributed by atoms with Crippen molar-refractivity contribution in [2.75, 3.05) is 13.3 Å². The maximum Gasteiger partial charge on any atom is 0.391 e. The highest BCUT2D eigenvalue weighted by Crippen LogP contribution is 2.20. The number of nitro groups is 1. The number of halogens is 1. The molecule has 2 rings (SSSR count). The fourth-order valence-corrected chi connectivity index (χ4v) is 1.31. The van der Waals surface area contributed by atoms with Crippen molar-refractivity contribution in [2.45, 2.75) is 6.42 Å². The Bertz CT molecular complexity index is 542. The van der Waals surface area contributed by atoms with Crippen molar-refractivity contribution < 1.29 is 14.1 Å². The van der Waals surface area contributed by atoms with Crippen molar-refractivity contribution in [1.29, 1.82) is 0 Å². The number of alkyl halides is 1. The summed E-state index contributed by atoms with van der Waals surface area (Å²) in [4.78, 5) is 13.9. The van der Waals surface area contributed by atoms with Gasteiger partial charge in [0.2, 0.25) is 5.88 Å². The maximum absolute atomic E-state index is 11.9. The van der Waals surface area contributed by atoms with Gasteiger partial charge in [-0.05, 0) is 4.92 Å². The van der Waals surface area contributed by atoms with Crippen molar-refractivity contribution in [3.8, 4) is 5.88 Å². The summed E-state index contributed by atoms with van der Waals surface area (Å²) in [6.07, 6.45) is 3.14. The molecule has 2 heterocycles. The quantitative estimate of drug-likeness (QED) is 0.448. The first-order valence-electron chi connectivity index (χ1n) is 4.90. The maximum atomic E-state index is 11.9. The molecule has 0 amide bonds. The van der Waals surface area contributed by atoms with Crippen LogP contribution in [0.1, 0.15) is 6.42 Å². The van der Waals surface area contributed by atoms with Gasteiger partial charge in [0.1, 0.15) is 0 Å². The number of fused-ring (bicyclic) bond motifs is 1. The van der Waals surface area contributed by atoms with E-state index < -0.39 is 11.6 Å². The van der Waals surface area contributed by atoms with Crippen LogP contribution in [0, 0.1) is 10.1 Å². The predicted octanol–water partition coefficient (Wildman–Crippen LogP) is 1.38. The molecule has 2 aromatic rings. The smallest absolute Gasteiger partial charge is 0.391 e. The van der Waals surface area contributed by atoms with Gasteiger partial charge in [0.05, 0.1) is 36.8 Å². The van der Waals surface area contributed by atoms with Gasteiger partial charge in [-0.3, -0.25) is 4.39 Å². The Kier molecular flexibility index (Phi) is 3.12. The molecule has 0 spiro atoms. The van der Waals surface area contributed by atoms with Gasteiger partial charge in [-0.25, -0.2) is 4.98 Å². The fourth-order valence-electron chi connectivity index (χ4n) is 1.31. The summed E-state index contributed by atoms with van der Waals surface area (Å²) in [5.41, 5.74) is 0.387. The van der Waals surface area contributed by atoms with Crippen LogP contribution in [0.2, 0.25) is 0 Å². The van der Waals surface area contributed by atoms with Crippen molar-refractivity contribution in [1.82, 2.24) is 14.6 Å². The van der Waals surface area contributed by atoms with Gasteiger partial charge in [0, 0.05) is 6.42 Å². The average Bonchev–Trinajstić information content (AvgIpc) is 2.74. The lowest BCUT2D eigenvalue weighted by Gasteiger charge is -2.02. The summed E-state index contributed by atoms with van der Waals surface area (Å²) in [5.74, 6) is -0.0742. The normalized spacial score (nSPS) is 10.6. The molecule has 0 aliphatic heterocycles. The number of hydrogen-bond acceptors (Lipinski definition) is 5. The third-order valence-corrected chi connectivity index (χ3v) is 2.05. The van der Waals surface area contributed by atoms with E-state index in [0.29, 0.717) is 5.52 Å². The number of rotatable bonds is 5. The lowest BCUT2D eigenvalue weighted by molar-refractivity contribution is -0.389. The van der Waals surface area contributed by atoms with Gasteiger partial charge >= 0.3 is 5.82 Å². The number of nitrogens with zero attached hydrogens (tertiary/aromatic N) is 4. The van der Waals surface area contributed by atoms with Gasteiger partial charge in [-0.1, -0.05) is 0 Å². The highest BCUT2D eigenvalue weighted by Gasteiger charge is 2.16. The van der Waals surface area contributed by atoms with E-state index in [1.807, 2.05) is 0 Å². The SMILES string of the molecule is O=[N+]([O-])c1cc2c(OCCCF)nccn2n1. The minimum absolute atomic E-state index is 0.169. The van der Waals surface area contributed by atoms with E-state index >= 15 is 0 Å². The monoisotopic (exact) mass is 240 g/mol. The Morgan fingerprint density at radius 3 is 3.12 bits per heavy atom. The Balaban J connectivity index is 2.32. The van der Waals surface area contributed by atoms with Gasteiger partial charge in [0.25, 0.3) is 0 Å². The minimum Gasteiger partial charge on any atom is -0.476 e. The highest BCUT2D eigenvalue weighted by atomic mass is 19.1. The van der Waals surface area contributed by atoms with Gasteiger partial charge in [-0.2, -0.15) is 0 Å². The van der Waals surface area contributed by atoms with Gasteiger partial charge in [-0.15, -0.1) is 4.52 Å². The Hall–Kier alpha value is -2.25. The summed E-state index contributed by atoms with van der Waals surface area (Å²) in [7, 11) is 0. The molecular weight excluding hydrogens is 231 g/mol. The lowest BCUT2D eigenvalue weighted by atomic mass is 10.4. The molecule has 7 nitrogen and oxygen atoms in total. The van der Waals surface area contributed by atoms with Crippen LogP contribution in [0.4, 0.5) is 10.2 Å². The molecule has 0 aromatic carbocycles. The van der Waals surface area contributed by atoms with Crippen LogP contribution in [0.25, 0.3) is 5.52 Å². The molecule has 0 fully saturated rings. The van der Waals surface area contributed by atoms with Crippen LogP contribution in [0.15, 0.2) is 18.5 Å². The molecule has 90 valence electrons. The molecule has 17 heavy (non-hydrogen) atoms. The predicted molar refractivity (Wildman–Crippen MR) is 55.7 cm³/mol. The van der Waals surface area contributed by atoms with Crippen molar-refractivity contribution in [3.63, 3.8) is 0 Å². The molecule has 0 N–H and O–H groups in total. The summed E-state index contributed by atoms with van der Waals surface area (Å²) < 4.78 is 18.4. The summed E-state index contributed by atoms with van der Waals surface area (Å²) in [6, 6.07) is 1.26. The van der Waals surface area contributed by atoms with Crippen LogP contribution in [0.3, 0.4) is 0 Å². The summed E-state index contributed by atoms with van der Waals surface area (Å²) in [5, 5.41) is 14.3. The standard InChI is InChI=1S/C9H9FN4O3/c10-2-1-5-17-9-7-6-8(14(15)16)12-13(7)4-3-11-9/h3-4,6H,1-2,5H2. The van der Waals surface area contributed by atoms with E-state index in [4.69, 9.17) is 4.74 Å².